The van der Waals surface area contributed by atoms with Crippen LogP contribution in [0.5, 0.6) is 0 Å². The maximum atomic E-state index is 6.03. The normalized spacial score (nSPS) is 12.0. The van der Waals surface area contributed by atoms with E-state index in [2.05, 4.69) is 13.8 Å². The van der Waals surface area contributed by atoms with Crippen LogP contribution in [0.15, 0.2) is 0 Å². The summed E-state index contributed by atoms with van der Waals surface area (Å²) >= 11 is 0. The summed E-state index contributed by atoms with van der Waals surface area (Å²) in [5.74, 6) is 0. The fourth-order valence-corrected chi connectivity index (χ4v) is 4.76. The molecule has 0 aromatic rings. The summed E-state index contributed by atoms with van der Waals surface area (Å²) in [6, 6.07) is 0. The van der Waals surface area contributed by atoms with Crippen molar-refractivity contribution in [3.8, 4) is 0 Å². The first-order chi connectivity index (χ1) is 12.2. The van der Waals surface area contributed by atoms with Crippen molar-refractivity contribution in [3.63, 3.8) is 0 Å². The summed E-state index contributed by atoms with van der Waals surface area (Å²) in [5, 5.41) is 0. The molecule has 0 aliphatic carbocycles. The molecule has 0 fully saturated rings. The molecular weight excluding hydrogens is 332 g/mol. The molecule has 5 heteroatoms. The Morgan fingerprint density at radius 1 is 0.440 bits per heavy atom. The lowest BCUT2D eigenvalue weighted by atomic mass is 10.1. The molecule has 0 atom stereocenters. The highest BCUT2D eigenvalue weighted by Gasteiger charge is 2.44. The Labute approximate surface area is 158 Å². The molecule has 0 amide bonds. The summed E-state index contributed by atoms with van der Waals surface area (Å²) in [6.07, 6.45) is 15.0. The van der Waals surface area contributed by atoms with E-state index in [1.807, 2.05) is 13.8 Å². The molecule has 0 aromatic carbocycles. The molecule has 0 heterocycles. The molecule has 4 nitrogen and oxygen atoms in total. The molecule has 0 spiro atoms. The van der Waals surface area contributed by atoms with Gasteiger partial charge in [-0.25, -0.2) is 0 Å². The van der Waals surface area contributed by atoms with Crippen molar-refractivity contribution in [3.05, 3.63) is 0 Å². The average Bonchev–Trinajstić information content (AvgIpc) is 2.61. The minimum Gasteiger partial charge on any atom is -0.351 e. The van der Waals surface area contributed by atoms with Crippen molar-refractivity contribution >= 4 is 9.05 Å². The summed E-state index contributed by atoms with van der Waals surface area (Å²) in [4.78, 5) is 0. The van der Waals surface area contributed by atoms with Gasteiger partial charge in [0.2, 0.25) is 0 Å². The SMILES string of the molecule is CCCCCCCCO[Si](OCC)(OCC)OCCCCCCCC. The van der Waals surface area contributed by atoms with Crippen molar-refractivity contribution in [2.45, 2.75) is 105 Å². The third-order valence-electron chi connectivity index (χ3n) is 4.20. The lowest BCUT2D eigenvalue weighted by molar-refractivity contribution is -0.0313. The zero-order valence-corrected chi connectivity index (χ0v) is 18.4. The van der Waals surface area contributed by atoms with Gasteiger partial charge in [0.05, 0.1) is 0 Å². The molecule has 0 aliphatic heterocycles. The zero-order chi connectivity index (χ0) is 18.6. The van der Waals surface area contributed by atoms with Gasteiger partial charge in [0, 0.05) is 26.4 Å². The second kappa shape index (κ2) is 18.8. The van der Waals surface area contributed by atoms with E-state index in [0.29, 0.717) is 26.4 Å². The van der Waals surface area contributed by atoms with Gasteiger partial charge in [-0.3, -0.25) is 0 Å². The summed E-state index contributed by atoms with van der Waals surface area (Å²) in [5.41, 5.74) is 0. The van der Waals surface area contributed by atoms with Gasteiger partial charge in [-0.2, -0.15) is 0 Å². The highest BCUT2D eigenvalue weighted by molar-refractivity contribution is 6.53. The van der Waals surface area contributed by atoms with Crippen LogP contribution in [0.2, 0.25) is 0 Å². The maximum Gasteiger partial charge on any atom is 0.679 e. The third-order valence-corrected chi connectivity index (χ3v) is 6.60. The first-order valence-corrected chi connectivity index (χ1v) is 12.4. The van der Waals surface area contributed by atoms with Gasteiger partial charge in [-0.1, -0.05) is 78.1 Å². The molecular formula is C20H44O4Si. The van der Waals surface area contributed by atoms with Crippen LogP contribution in [-0.4, -0.2) is 35.5 Å². The Bertz CT molecular complexity index is 238. The predicted octanol–water partition coefficient (Wildman–Crippen LogP) is 6.25. The highest BCUT2D eigenvalue weighted by atomic mass is 28.4. The molecule has 0 aliphatic rings. The van der Waals surface area contributed by atoms with Gasteiger partial charge in [0.25, 0.3) is 0 Å². The van der Waals surface area contributed by atoms with Gasteiger partial charge in [-0.05, 0) is 26.7 Å². The van der Waals surface area contributed by atoms with E-state index in [1.165, 1.54) is 64.2 Å². The van der Waals surface area contributed by atoms with Gasteiger partial charge in [0.1, 0.15) is 0 Å². The van der Waals surface area contributed by atoms with E-state index in [0.717, 1.165) is 12.8 Å². The second-order valence-corrected chi connectivity index (χ2v) is 8.75. The van der Waals surface area contributed by atoms with E-state index in [-0.39, 0.29) is 0 Å². The number of unbranched alkanes of at least 4 members (excludes halogenated alkanes) is 10. The monoisotopic (exact) mass is 376 g/mol. The maximum absolute atomic E-state index is 6.03. The summed E-state index contributed by atoms with van der Waals surface area (Å²) in [7, 11) is -2.95. The fourth-order valence-electron chi connectivity index (χ4n) is 2.76. The number of rotatable bonds is 20. The minimum atomic E-state index is -2.95. The Hall–Kier alpha value is 0.0569. The molecule has 0 saturated carbocycles. The number of hydrogen-bond donors (Lipinski definition) is 0. The van der Waals surface area contributed by atoms with Crippen LogP contribution in [0.25, 0.3) is 0 Å². The van der Waals surface area contributed by atoms with Crippen LogP contribution < -0.4 is 0 Å². The van der Waals surface area contributed by atoms with Gasteiger partial charge in [0.15, 0.2) is 0 Å². The van der Waals surface area contributed by atoms with Crippen LogP contribution in [0.4, 0.5) is 0 Å². The van der Waals surface area contributed by atoms with Crippen LogP contribution in [-0.2, 0) is 17.7 Å². The minimum absolute atomic E-state index is 0.569. The van der Waals surface area contributed by atoms with Crippen molar-refractivity contribution in [2.75, 3.05) is 26.4 Å². The molecule has 0 rings (SSSR count). The van der Waals surface area contributed by atoms with Gasteiger partial charge in [-0.15, -0.1) is 0 Å². The standard InChI is InChI=1S/C20H44O4Si/c1-5-9-11-13-15-17-19-23-25(21-7-3,22-8-4)24-20-18-16-14-12-10-6-2/h5-20H2,1-4H3. The summed E-state index contributed by atoms with van der Waals surface area (Å²) in [6.45, 7) is 10.9. The molecule has 0 aromatic heterocycles. The molecule has 25 heavy (non-hydrogen) atoms. The Morgan fingerprint density at radius 3 is 1.16 bits per heavy atom. The topological polar surface area (TPSA) is 36.9 Å². The van der Waals surface area contributed by atoms with Crippen LogP contribution in [0, 0.1) is 0 Å². The molecule has 152 valence electrons. The van der Waals surface area contributed by atoms with Crippen molar-refractivity contribution in [1.82, 2.24) is 0 Å². The molecule has 0 N–H and O–H groups in total. The first-order valence-electron chi connectivity index (χ1n) is 10.8. The second-order valence-electron chi connectivity index (χ2n) is 6.60. The van der Waals surface area contributed by atoms with Gasteiger partial charge >= 0.3 is 9.05 Å². The largest absolute Gasteiger partial charge is 0.679 e. The Morgan fingerprint density at radius 2 is 0.800 bits per heavy atom. The van der Waals surface area contributed by atoms with E-state index >= 15 is 0 Å². The van der Waals surface area contributed by atoms with Crippen LogP contribution in [0.3, 0.4) is 0 Å². The molecule has 0 radical (unpaired) electrons. The fraction of sp³-hybridized carbons (Fsp3) is 1.00. The smallest absolute Gasteiger partial charge is 0.351 e. The van der Waals surface area contributed by atoms with Crippen LogP contribution in [0.1, 0.15) is 105 Å². The number of hydrogen-bond acceptors (Lipinski definition) is 4. The molecule has 0 unspecified atom stereocenters. The van der Waals surface area contributed by atoms with Crippen molar-refractivity contribution < 1.29 is 17.7 Å². The lowest BCUT2D eigenvalue weighted by Crippen LogP contribution is -2.49. The predicted molar refractivity (Wildman–Crippen MR) is 108 cm³/mol. The van der Waals surface area contributed by atoms with Crippen LogP contribution >= 0.6 is 0 Å². The van der Waals surface area contributed by atoms with Gasteiger partial charge < -0.3 is 17.7 Å². The molecule has 0 bridgehead atoms. The van der Waals surface area contributed by atoms with E-state index in [4.69, 9.17) is 17.7 Å². The van der Waals surface area contributed by atoms with E-state index in [9.17, 15) is 0 Å². The van der Waals surface area contributed by atoms with E-state index in [1.54, 1.807) is 0 Å². The molecule has 0 saturated heterocycles. The first kappa shape index (κ1) is 25.1. The van der Waals surface area contributed by atoms with Crippen molar-refractivity contribution in [1.29, 1.82) is 0 Å². The Balaban J connectivity index is 4.06. The highest BCUT2D eigenvalue weighted by Crippen LogP contribution is 2.15. The lowest BCUT2D eigenvalue weighted by Gasteiger charge is -2.27. The average molecular weight is 377 g/mol. The zero-order valence-electron chi connectivity index (χ0n) is 17.4. The van der Waals surface area contributed by atoms with E-state index < -0.39 is 9.05 Å². The van der Waals surface area contributed by atoms with Crippen molar-refractivity contribution in [2.24, 2.45) is 0 Å². The Kier molecular flexibility index (Phi) is 18.9. The third kappa shape index (κ3) is 14.9. The quantitative estimate of drug-likeness (QED) is 0.186. The summed E-state index contributed by atoms with van der Waals surface area (Å²) < 4.78 is 23.7.